The van der Waals surface area contributed by atoms with Crippen molar-refractivity contribution in [1.82, 2.24) is 10.2 Å². The SMILES string of the molecule is CN(CC1CCCC1)C(=O)N[C@H](CCO)C(=O)O. The number of rotatable bonds is 6. The summed E-state index contributed by atoms with van der Waals surface area (Å²) in [4.78, 5) is 24.2. The summed E-state index contributed by atoms with van der Waals surface area (Å²) in [6.45, 7) is 0.404. The Hall–Kier alpha value is -1.30. The zero-order valence-electron chi connectivity index (χ0n) is 10.8. The van der Waals surface area contributed by atoms with Crippen LogP contribution in [-0.4, -0.2) is 53.4 Å². The zero-order valence-corrected chi connectivity index (χ0v) is 10.8. The highest BCUT2D eigenvalue weighted by Crippen LogP contribution is 2.25. The van der Waals surface area contributed by atoms with Gasteiger partial charge in [0, 0.05) is 26.6 Å². The highest BCUT2D eigenvalue weighted by atomic mass is 16.4. The number of carboxylic acids is 1. The fourth-order valence-corrected chi connectivity index (χ4v) is 2.31. The van der Waals surface area contributed by atoms with Crippen LogP contribution in [0.15, 0.2) is 0 Å². The van der Waals surface area contributed by atoms with Crippen LogP contribution in [0.1, 0.15) is 32.1 Å². The molecule has 0 aromatic carbocycles. The van der Waals surface area contributed by atoms with Gasteiger partial charge in [-0.25, -0.2) is 9.59 Å². The number of nitrogens with one attached hydrogen (secondary N) is 1. The minimum Gasteiger partial charge on any atom is -0.480 e. The van der Waals surface area contributed by atoms with E-state index in [1.807, 2.05) is 0 Å². The summed E-state index contributed by atoms with van der Waals surface area (Å²) in [6, 6.07) is -1.41. The number of hydrogen-bond donors (Lipinski definition) is 3. The van der Waals surface area contributed by atoms with Gasteiger partial charge in [0.05, 0.1) is 0 Å². The number of aliphatic hydroxyl groups excluding tert-OH is 1. The lowest BCUT2D eigenvalue weighted by Crippen LogP contribution is -2.48. The van der Waals surface area contributed by atoms with Crippen molar-refractivity contribution in [1.29, 1.82) is 0 Å². The zero-order chi connectivity index (χ0) is 13.5. The maximum Gasteiger partial charge on any atom is 0.326 e. The Morgan fingerprint density at radius 1 is 1.39 bits per heavy atom. The molecule has 6 nitrogen and oxygen atoms in total. The molecule has 0 aliphatic heterocycles. The summed E-state index contributed by atoms with van der Waals surface area (Å²) in [7, 11) is 1.67. The van der Waals surface area contributed by atoms with Crippen LogP contribution in [-0.2, 0) is 4.79 Å². The highest BCUT2D eigenvalue weighted by Gasteiger charge is 2.23. The lowest BCUT2D eigenvalue weighted by atomic mass is 10.1. The Morgan fingerprint density at radius 3 is 2.50 bits per heavy atom. The van der Waals surface area contributed by atoms with Gasteiger partial charge in [-0.15, -0.1) is 0 Å². The molecule has 2 amide bonds. The van der Waals surface area contributed by atoms with Crippen LogP contribution in [0.3, 0.4) is 0 Å². The second-order valence-corrected chi connectivity index (χ2v) is 4.88. The molecule has 1 fully saturated rings. The van der Waals surface area contributed by atoms with E-state index in [9.17, 15) is 9.59 Å². The van der Waals surface area contributed by atoms with E-state index in [-0.39, 0.29) is 19.1 Å². The Kier molecular flexibility index (Phi) is 5.91. The first-order valence-corrected chi connectivity index (χ1v) is 6.40. The molecule has 1 saturated carbocycles. The van der Waals surface area contributed by atoms with Gasteiger partial charge < -0.3 is 20.4 Å². The van der Waals surface area contributed by atoms with Crippen molar-refractivity contribution in [2.75, 3.05) is 20.2 Å². The highest BCUT2D eigenvalue weighted by molar-refractivity contribution is 5.82. The van der Waals surface area contributed by atoms with Crippen LogP contribution < -0.4 is 5.32 Å². The molecule has 0 saturated heterocycles. The average molecular weight is 258 g/mol. The van der Waals surface area contributed by atoms with Gasteiger partial charge in [-0.05, 0) is 18.8 Å². The first-order valence-electron chi connectivity index (χ1n) is 6.40. The average Bonchev–Trinajstić information content (AvgIpc) is 2.80. The van der Waals surface area contributed by atoms with Gasteiger partial charge in [-0.3, -0.25) is 0 Å². The van der Waals surface area contributed by atoms with Crippen molar-refractivity contribution in [3.63, 3.8) is 0 Å². The number of carboxylic acid groups (broad SMARTS) is 1. The van der Waals surface area contributed by atoms with Crippen molar-refractivity contribution in [3.8, 4) is 0 Å². The van der Waals surface area contributed by atoms with Crippen LogP contribution >= 0.6 is 0 Å². The molecule has 0 spiro atoms. The number of hydrogen-bond acceptors (Lipinski definition) is 3. The fraction of sp³-hybridized carbons (Fsp3) is 0.833. The van der Waals surface area contributed by atoms with E-state index in [0.29, 0.717) is 12.5 Å². The van der Waals surface area contributed by atoms with Crippen molar-refractivity contribution in [2.45, 2.75) is 38.1 Å². The number of urea groups is 1. The van der Waals surface area contributed by atoms with Gasteiger partial charge >= 0.3 is 12.0 Å². The van der Waals surface area contributed by atoms with E-state index < -0.39 is 12.0 Å². The molecule has 0 aromatic heterocycles. The van der Waals surface area contributed by atoms with Crippen molar-refractivity contribution < 1.29 is 19.8 Å². The third-order valence-electron chi connectivity index (χ3n) is 3.37. The Morgan fingerprint density at radius 2 is 2.00 bits per heavy atom. The summed E-state index contributed by atoms with van der Waals surface area (Å²) in [6.07, 6.45) is 4.72. The van der Waals surface area contributed by atoms with Crippen LogP contribution in [0.25, 0.3) is 0 Å². The molecule has 0 unspecified atom stereocenters. The number of amides is 2. The second kappa shape index (κ2) is 7.20. The topological polar surface area (TPSA) is 89.9 Å². The van der Waals surface area contributed by atoms with Crippen LogP contribution in [0, 0.1) is 5.92 Å². The number of nitrogens with zero attached hydrogens (tertiary/aromatic N) is 1. The Balaban J connectivity index is 2.39. The predicted molar refractivity (Wildman–Crippen MR) is 66.2 cm³/mol. The summed E-state index contributed by atoms with van der Waals surface area (Å²) in [5.41, 5.74) is 0. The van der Waals surface area contributed by atoms with Crippen molar-refractivity contribution >= 4 is 12.0 Å². The largest absolute Gasteiger partial charge is 0.480 e. The van der Waals surface area contributed by atoms with Crippen molar-refractivity contribution in [3.05, 3.63) is 0 Å². The molecule has 104 valence electrons. The van der Waals surface area contributed by atoms with Crippen LogP contribution in [0.2, 0.25) is 0 Å². The van der Waals surface area contributed by atoms with Gasteiger partial charge in [-0.1, -0.05) is 12.8 Å². The minimum atomic E-state index is -1.12. The maximum atomic E-state index is 11.8. The maximum absolute atomic E-state index is 11.8. The molecule has 0 heterocycles. The summed E-state index contributed by atoms with van der Waals surface area (Å²) >= 11 is 0. The summed E-state index contributed by atoms with van der Waals surface area (Å²) < 4.78 is 0. The molecule has 1 aliphatic carbocycles. The summed E-state index contributed by atoms with van der Waals surface area (Å²) in [5.74, 6) is -0.589. The molecule has 0 aromatic rings. The number of carbonyl (C=O) groups is 2. The standard InChI is InChI=1S/C12H22N2O4/c1-14(8-9-4-2-3-5-9)12(18)13-10(6-7-15)11(16)17/h9-10,15H,2-8H2,1H3,(H,13,18)(H,16,17)/t10-/m1/s1. The monoisotopic (exact) mass is 258 g/mol. The molecule has 0 radical (unpaired) electrons. The normalized spacial score (nSPS) is 17.4. The van der Waals surface area contributed by atoms with Gasteiger partial charge in [0.1, 0.15) is 6.04 Å². The quantitative estimate of drug-likeness (QED) is 0.652. The van der Waals surface area contributed by atoms with E-state index in [0.717, 1.165) is 12.8 Å². The van der Waals surface area contributed by atoms with Crippen LogP contribution in [0.4, 0.5) is 4.79 Å². The van der Waals surface area contributed by atoms with Gasteiger partial charge in [0.25, 0.3) is 0 Å². The molecule has 1 rings (SSSR count). The lowest BCUT2D eigenvalue weighted by molar-refractivity contribution is -0.139. The fourth-order valence-electron chi connectivity index (χ4n) is 2.31. The predicted octanol–water partition coefficient (Wildman–Crippen LogP) is 0.654. The molecular formula is C12H22N2O4. The first-order chi connectivity index (χ1) is 8.54. The molecule has 18 heavy (non-hydrogen) atoms. The Bertz CT molecular complexity index is 290. The first kappa shape index (κ1) is 14.8. The van der Waals surface area contributed by atoms with Crippen molar-refractivity contribution in [2.24, 2.45) is 5.92 Å². The van der Waals surface area contributed by atoms with E-state index in [1.54, 1.807) is 7.05 Å². The third-order valence-corrected chi connectivity index (χ3v) is 3.37. The smallest absolute Gasteiger partial charge is 0.326 e. The van der Waals surface area contributed by atoms with Gasteiger partial charge in [0.15, 0.2) is 0 Å². The van der Waals surface area contributed by atoms with Crippen LogP contribution in [0.5, 0.6) is 0 Å². The van der Waals surface area contributed by atoms with E-state index in [2.05, 4.69) is 5.32 Å². The number of aliphatic hydroxyl groups is 1. The number of aliphatic carboxylic acids is 1. The molecule has 1 aliphatic rings. The summed E-state index contributed by atoms with van der Waals surface area (Å²) in [5, 5.41) is 20.0. The second-order valence-electron chi connectivity index (χ2n) is 4.88. The third kappa shape index (κ3) is 4.52. The minimum absolute atomic E-state index is 0.0261. The Labute approximate surface area is 107 Å². The van der Waals surface area contributed by atoms with Gasteiger partial charge in [-0.2, -0.15) is 0 Å². The van der Waals surface area contributed by atoms with Gasteiger partial charge in [0.2, 0.25) is 0 Å². The molecule has 6 heteroatoms. The lowest BCUT2D eigenvalue weighted by Gasteiger charge is -2.23. The molecule has 3 N–H and O–H groups in total. The molecular weight excluding hydrogens is 236 g/mol. The van der Waals surface area contributed by atoms with E-state index >= 15 is 0 Å². The number of carbonyl (C=O) groups excluding carboxylic acids is 1. The molecule has 0 bridgehead atoms. The van der Waals surface area contributed by atoms with E-state index in [4.69, 9.17) is 10.2 Å². The molecule has 1 atom stereocenters. The van der Waals surface area contributed by atoms with E-state index in [1.165, 1.54) is 17.7 Å².